The van der Waals surface area contributed by atoms with Gasteiger partial charge in [0.2, 0.25) is 0 Å². The lowest BCUT2D eigenvalue weighted by molar-refractivity contribution is -0.116. The van der Waals surface area contributed by atoms with Crippen LogP contribution in [0.15, 0.2) is 30.6 Å². The van der Waals surface area contributed by atoms with Gasteiger partial charge >= 0.3 is 0 Å². The van der Waals surface area contributed by atoms with Gasteiger partial charge in [-0.2, -0.15) is 0 Å². The van der Waals surface area contributed by atoms with E-state index < -0.39 is 5.91 Å². The number of halogens is 1. The summed E-state index contributed by atoms with van der Waals surface area (Å²) in [4.78, 5) is 15.2. The Morgan fingerprint density at radius 1 is 1.45 bits per heavy atom. The van der Waals surface area contributed by atoms with E-state index in [-0.39, 0.29) is 6.10 Å². The lowest BCUT2D eigenvalue weighted by Gasteiger charge is -2.10. The van der Waals surface area contributed by atoms with Crippen molar-refractivity contribution in [2.24, 2.45) is 5.84 Å². The maximum Gasteiger partial charge on any atom is 0.259 e. The summed E-state index contributed by atoms with van der Waals surface area (Å²) in [6, 6.07) is 5.28. The quantitative estimate of drug-likeness (QED) is 0.379. The summed E-state index contributed by atoms with van der Waals surface area (Å²) in [5, 5.41) is 4.76. The standard InChI is InChI=1S/C14H16ClN5O2/c1-9(2)22-12-6-10(5-11(15)7-12)14-17-8-20(19-14)4-3-13(21)18-16/h3-9H,16H2,1-2H3,(H,18,21). The number of nitrogens with zero attached hydrogens (tertiary/aromatic N) is 3. The first-order valence-corrected chi connectivity index (χ1v) is 6.93. The molecular formula is C14H16ClN5O2. The Hall–Kier alpha value is -2.38. The molecule has 0 aliphatic carbocycles. The molecule has 7 nitrogen and oxygen atoms in total. The van der Waals surface area contributed by atoms with Gasteiger partial charge in [0.15, 0.2) is 5.82 Å². The first-order chi connectivity index (χ1) is 10.5. The van der Waals surface area contributed by atoms with Crippen molar-refractivity contribution in [3.05, 3.63) is 35.6 Å². The highest BCUT2D eigenvalue weighted by Crippen LogP contribution is 2.27. The maximum absolute atomic E-state index is 11.0. The summed E-state index contributed by atoms with van der Waals surface area (Å²) in [7, 11) is 0. The third kappa shape index (κ3) is 4.31. The number of hydrogen-bond acceptors (Lipinski definition) is 5. The fraction of sp³-hybridized carbons (Fsp3) is 0.214. The minimum Gasteiger partial charge on any atom is -0.491 e. The Morgan fingerprint density at radius 2 is 2.23 bits per heavy atom. The second-order valence-corrected chi connectivity index (χ2v) is 5.15. The van der Waals surface area contributed by atoms with E-state index >= 15 is 0 Å². The molecule has 1 aromatic heterocycles. The zero-order valence-corrected chi connectivity index (χ0v) is 12.9. The summed E-state index contributed by atoms with van der Waals surface area (Å²) in [5.41, 5.74) is 2.71. The number of ether oxygens (including phenoxy) is 1. The van der Waals surface area contributed by atoms with Crippen LogP contribution in [-0.2, 0) is 4.79 Å². The molecule has 3 N–H and O–H groups in total. The summed E-state index contributed by atoms with van der Waals surface area (Å²) in [6.45, 7) is 3.86. The molecule has 1 amide bonds. The molecule has 116 valence electrons. The molecule has 0 radical (unpaired) electrons. The van der Waals surface area contributed by atoms with Gasteiger partial charge < -0.3 is 4.74 Å². The van der Waals surface area contributed by atoms with E-state index in [0.29, 0.717) is 16.6 Å². The van der Waals surface area contributed by atoms with Crippen LogP contribution in [0.1, 0.15) is 13.8 Å². The molecule has 1 aromatic carbocycles. The van der Waals surface area contributed by atoms with Crippen LogP contribution in [0.4, 0.5) is 0 Å². The molecule has 0 saturated heterocycles. The second kappa shape index (κ2) is 7.06. The monoisotopic (exact) mass is 321 g/mol. The first-order valence-electron chi connectivity index (χ1n) is 6.55. The van der Waals surface area contributed by atoms with Crippen LogP contribution in [-0.4, -0.2) is 26.8 Å². The van der Waals surface area contributed by atoms with Crippen LogP contribution < -0.4 is 16.0 Å². The van der Waals surface area contributed by atoms with Crippen molar-refractivity contribution in [2.75, 3.05) is 0 Å². The molecule has 22 heavy (non-hydrogen) atoms. The zero-order chi connectivity index (χ0) is 16.1. The Balaban J connectivity index is 2.25. The van der Waals surface area contributed by atoms with Crippen LogP contribution in [0.3, 0.4) is 0 Å². The number of carbonyl (C=O) groups is 1. The Morgan fingerprint density at radius 3 is 2.91 bits per heavy atom. The van der Waals surface area contributed by atoms with Crippen LogP contribution >= 0.6 is 11.6 Å². The summed E-state index contributed by atoms with van der Waals surface area (Å²) in [6.07, 6.45) is 4.19. The van der Waals surface area contributed by atoms with Gasteiger partial charge in [0.05, 0.1) is 6.10 Å². The van der Waals surface area contributed by atoms with Gasteiger partial charge in [0.1, 0.15) is 12.1 Å². The SMILES string of the molecule is CC(C)Oc1cc(Cl)cc(-c2ncn(C=CC(=O)NN)n2)c1. The van der Waals surface area contributed by atoms with Crippen molar-refractivity contribution in [3.8, 4) is 17.1 Å². The molecule has 0 atom stereocenters. The van der Waals surface area contributed by atoms with Crippen molar-refractivity contribution in [2.45, 2.75) is 20.0 Å². The lowest BCUT2D eigenvalue weighted by atomic mass is 10.2. The fourth-order valence-electron chi connectivity index (χ4n) is 1.70. The average molecular weight is 322 g/mol. The smallest absolute Gasteiger partial charge is 0.259 e. The molecule has 0 aliphatic heterocycles. The Kier molecular flexibility index (Phi) is 5.13. The summed E-state index contributed by atoms with van der Waals surface area (Å²) >= 11 is 6.09. The molecule has 0 saturated carbocycles. The molecule has 1 heterocycles. The zero-order valence-electron chi connectivity index (χ0n) is 12.2. The highest BCUT2D eigenvalue weighted by atomic mass is 35.5. The number of benzene rings is 1. The van der Waals surface area contributed by atoms with E-state index in [1.54, 1.807) is 12.1 Å². The lowest BCUT2D eigenvalue weighted by Crippen LogP contribution is -2.28. The maximum atomic E-state index is 11.0. The number of hydrazine groups is 1. The van der Waals surface area contributed by atoms with Crippen molar-refractivity contribution in [1.82, 2.24) is 20.2 Å². The van der Waals surface area contributed by atoms with E-state index in [0.717, 1.165) is 5.56 Å². The Bertz CT molecular complexity index is 696. The normalized spacial score (nSPS) is 11.1. The molecule has 0 aliphatic rings. The van der Waals surface area contributed by atoms with E-state index in [1.807, 2.05) is 25.3 Å². The van der Waals surface area contributed by atoms with Gasteiger partial charge in [-0.1, -0.05) is 11.6 Å². The largest absolute Gasteiger partial charge is 0.491 e. The minimum absolute atomic E-state index is 0.0366. The average Bonchev–Trinajstić information content (AvgIpc) is 2.92. The van der Waals surface area contributed by atoms with Crippen molar-refractivity contribution < 1.29 is 9.53 Å². The van der Waals surface area contributed by atoms with Gasteiger partial charge in [0, 0.05) is 22.9 Å². The number of nitrogens with two attached hydrogens (primary N) is 1. The van der Waals surface area contributed by atoms with Crippen molar-refractivity contribution in [3.63, 3.8) is 0 Å². The van der Waals surface area contributed by atoms with E-state index in [4.69, 9.17) is 22.2 Å². The molecule has 0 unspecified atom stereocenters. The molecule has 0 fully saturated rings. The molecule has 0 bridgehead atoms. The Labute approximate surface area is 132 Å². The fourth-order valence-corrected chi connectivity index (χ4v) is 1.93. The first kappa shape index (κ1) is 16.0. The number of carbonyl (C=O) groups excluding carboxylic acids is 1. The van der Waals surface area contributed by atoms with Gasteiger partial charge in [-0.15, -0.1) is 5.10 Å². The molecule has 8 heteroatoms. The number of amides is 1. The predicted octanol–water partition coefficient (Wildman–Crippen LogP) is 1.85. The third-order valence-electron chi connectivity index (χ3n) is 2.53. The number of aromatic nitrogens is 3. The third-order valence-corrected chi connectivity index (χ3v) is 2.75. The van der Waals surface area contributed by atoms with Gasteiger partial charge in [-0.05, 0) is 32.0 Å². The second-order valence-electron chi connectivity index (χ2n) is 4.71. The highest BCUT2D eigenvalue weighted by Gasteiger charge is 2.08. The molecule has 2 rings (SSSR count). The summed E-state index contributed by atoms with van der Waals surface area (Å²) < 4.78 is 7.03. The van der Waals surface area contributed by atoms with Crippen molar-refractivity contribution >= 4 is 23.7 Å². The van der Waals surface area contributed by atoms with Gasteiger partial charge in [-0.25, -0.2) is 15.5 Å². The van der Waals surface area contributed by atoms with Crippen LogP contribution in [0.5, 0.6) is 5.75 Å². The van der Waals surface area contributed by atoms with Crippen LogP contribution in [0.25, 0.3) is 17.6 Å². The van der Waals surface area contributed by atoms with E-state index in [1.165, 1.54) is 23.3 Å². The molecule has 2 aromatic rings. The van der Waals surface area contributed by atoms with Crippen LogP contribution in [0, 0.1) is 0 Å². The van der Waals surface area contributed by atoms with Gasteiger partial charge in [0.25, 0.3) is 5.91 Å². The summed E-state index contributed by atoms with van der Waals surface area (Å²) in [5.74, 6) is 5.66. The van der Waals surface area contributed by atoms with Crippen molar-refractivity contribution in [1.29, 1.82) is 0 Å². The number of nitrogens with one attached hydrogen (secondary N) is 1. The topological polar surface area (TPSA) is 95.1 Å². The molecule has 0 spiro atoms. The van der Waals surface area contributed by atoms with Crippen LogP contribution in [0.2, 0.25) is 5.02 Å². The molecular weight excluding hydrogens is 306 g/mol. The highest BCUT2D eigenvalue weighted by molar-refractivity contribution is 6.31. The minimum atomic E-state index is -0.438. The van der Waals surface area contributed by atoms with Gasteiger partial charge in [-0.3, -0.25) is 10.2 Å². The number of rotatable bonds is 5. The predicted molar refractivity (Wildman–Crippen MR) is 83.9 cm³/mol. The van der Waals surface area contributed by atoms with E-state index in [9.17, 15) is 4.79 Å². The van der Waals surface area contributed by atoms with E-state index in [2.05, 4.69) is 10.1 Å². The number of hydrogen-bond donors (Lipinski definition) is 2.